The number of fused-ring (bicyclic) bond motifs is 1. The van der Waals surface area contributed by atoms with E-state index in [2.05, 4.69) is 4.98 Å². The summed E-state index contributed by atoms with van der Waals surface area (Å²) in [5.74, 6) is 0.834. The predicted octanol–water partition coefficient (Wildman–Crippen LogP) is 3.31. The van der Waals surface area contributed by atoms with Crippen LogP contribution in [0.5, 0.6) is 5.75 Å². The Bertz CT molecular complexity index is 830. The zero-order valence-corrected chi connectivity index (χ0v) is 15.5. The van der Waals surface area contributed by atoms with Crippen molar-refractivity contribution in [3.05, 3.63) is 34.8 Å². The van der Waals surface area contributed by atoms with E-state index in [-0.39, 0.29) is 11.9 Å². The van der Waals surface area contributed by atoms with Gasteiger partial charge in [0, 0.05) is 35.2 Å². The normalized spacial score (nSPS) is 25.0. The van der Waals surface area contributed by atoms with Crippen LogP contribution in [-0.2, 0) is 4.79 Å². The molecule has 25 heavy (non-hydrogen) atoms. The zero-order chi connectivity index (χ0) is 17.8. The second kappa shape index (κ2) is 5.81. The van der Waals surface area contributed by atoms with Crippen molar-refractivity contribution < 1.29 is 14.6 Å². The minimum absolute atomic E-state index is 0.100. The first-order valence-electron chi connectivity index (χ1n) is 8.60. The van der Waals surface area contributed by atoms with Crippen LogP contribution in [0.15, 0.2) is 23.6 Å². The summed E-state index contributed by atoms with van der Waals surface area (Å²) in [6.07, 6.45) is 0.602. The maximum absolute atomic E-state index is 12.4. The molecule has 132 valence electrons. The van der Waals surface area contributed by atoms with Gasteiger partial charge in [-0.3, -0.25) is 4.79 Å². The maximum Gasteiger partial charge on any atom is 0.223 e. The Morgan fingerprint density at radius 1 is 1.40 bits per heavy atom. The van der Waals surface area contributed by atoms with Crippen LogP contribution in [0.25, 0.3) is 10.6 Å². The molecule has 5 nitrogen and oxygen atoms in total. The average Bonchev–Trinajstić information content (AvgIpc) is 3.17. The van der Waals surface area contributed by atoms with Gasteiger partial charge in [0.1, 0.15) is 22.5 Å². The van der Waals surface area contributed by atoms with Crippen molar-refractivity contribution in [2.45, 2.75) is 51.4 Å². The molecule has 1 aromatic carbocycles. The zero-order valence-electron chi connectivity index (χ0n) is 14.7. The molecule has 0 aliphatic carbocycles. The first-order valence-corrected chi connectivity index (χ1v) is 9.48. The van der Waals surface area contributed by atoms with Gasteiger partial charge in [-0.1, -0.05) is 0 Å². The van der Waals surface area contributed by atoms with E-state index in [9.17, 15) is 9.90 Å². The second-order valence-corrected chi connectivity index (χ2v) is 8.19. The summed E-state index contributed by atoms with van der Waals surface area (Å²) in [6, 6.07) is 5.56. The maximum atomic E-state index is 12.4. The van der Waals surface area contributed by atoms with Crippen LogP contribution in [0, 0.1) is 6.92 Å². The molecule has 0 saturated carbocycles. The summed E-state index contributed by atoms with van der Waals surface area (Å²) in [5.41, 5.74) is 2.10. The van der Waals surface area contributed by atoms with Crippen molar-refractivity contribution in [2.24, 2.45) is 0 Å². The molecule has 2 aliphatic heterocycles. The van der Waals surface area contributed by atoms with E-state index in [1.807, 2.05) is 49.3 Å². The van der Waals surface area contributed by atoms with Crippen molar-refractivity contribution >= 4 is 17.2 Å². The van der Waals surface area contributed by atoms with Gasteiger partial charge in [0.25, 0.3) is 0 Å². The Labute approximate surface area is 151 Å². The van der Waals surface area contributed by atoms with Gasteiger partial charge in [0.2, 0.25) is 5.91 Å². The number of rotatable bonds is 2. The molecule has 2 atom stereocenters. The van der Waals surface area contributed by atoms with Gasteiger partial charge < -0.3 is 14.7 Å². The minimum Gasteiger partial charge on any atom is -0.485 e. The molecule has 0 bridgehead atoms. The van der Waals surface area contributed by atoms with E-state index < -0.39 is 11.7 Å². The standard InChI is InChI=1S/C19H22N2O3S/c1-11-10-25-18(20-11)12-6-7-14-13(9-12)16(17(23)19(2,3)24-14)21-8-4-5-15(21)22/h6-7,9-10,16-17,23H,4-5,8H2,1-3H3/t16?,17-/m0/s1. The van der Waals surface area contributed by atoms with E-state index in [0.29, 0.717) is 13.0 Å². The van der Waals surface area contributed by atoms with Crippen molar-refractivity contribution in [2.75, 3.05) is 6.54 Å². The lowest BCUT2D eigenvalue weighted by Gasteiger charge is -2.45. The summed E-state index contributed by atoms with van der Waals surface area (Å²) in [7, 11) is 0. The van der Waals surface area contributed by atoms with Gasteiger partial charge in [0.05, 0.1) is 6.04 Å². The molecule has 0 spiro atoms. The van der Waals surface area contributed by atoms with Crippen molar-refractivity contribution in [1.29, 1.82) is 0 Å². The Morgan fingerprint density at radius 3 is 2.84 bits per heavy atom. The highest BCUT2D eigenvalue weighted by molar-refractivity contribution is 7.13. The van der Waals surface area contributed by atoms with Crippen LogP contribution in [0.1, 0.15) is 44.0 Å². The monoisotopic (exact) mass is 358 g/mol. The number of benzene rings is 1. The third-order valence-corrected chi connectivity index (χ3v) is 6.03. The lowest BCUT2D eigenvalue weighted by Crippen LogP contribution is -2.53. The fourth-order valence-electron chi connectivity index (χ4n) is 3.69. The Hall–Kier alpha value is -1.92. The number of amides is 1. The largest absolute Gasteiger partial charge is 0.485 e. The number of carbonyl (C=O) groups is 1. The number of aliphatic hydroxyl groups is 1. The number of carbonyl (C=O) groups excluding carboxylic acids is 1. The number of hydrogen-bond acceptors (Lipinski definition) is 5. The van der Waals surface area contributed by atoms with Gasteiger partial charge in [0.15, 0.2) is 0 Å². The van der Waals surface area contributed by atoms with Crippen LogP contribution in [-0.4, -0.2) is 39.1 Å². The summed E-state index contributed by atoms with van der Waals surface area (Å²) in [6.45, 7) is 6.38. The lowest BCUT2D eigenvalue weighted by molar-refractivity contribution is -0.139. The topological polar surface area (TPSA) is 62.7 Å². The van der Waals surface area contributed by atoms with Gasteiger partial charge >= 0.3 is 0 Å². The first-order chi connectivity index (χ1) is 11.9. The van der Waals surface area contributed by atoms with E-state index in [4.69, 9.17) is 4.74 Å². The molecule has 1 amide bonds. The number of aromatic nitrogens is 1. The Morgan fingerprint density at radius 2 is 2.20 bits per heavy atom. The highest BCUT2D eigenvalue weighted by atomic mass is 32.1. The van der Waals surface area contributed by atoms with E-state index in [1.165, 1.54) is 0 Å². The minimum atomic E-state index is -0.782. The van der Waals surface area contributed by atoms with Gasteiger partial charge in [-0.2, -0.15) is 0 Å². The van der Waals surface area contributed by atoms with Crippen LogP contribution in [0.3, 0.4) is 0 Å². The SMILES string of the molecule is Cc1csc(-c2ccc3c(c2)C(N2CCCC2=O)[C@H](O)C(C)(C)O3)n1. The van der Waals surface area contributed by atoms with Crippen LogP contribution in [0.4, 0.5) is 0 Å². The molecule has 3 heterocycles. The third kappa shape index (κ3) is 2.73. The number of likely N-dealkylation sites (tertiary alicyclic amines) is 1. The predicted molar refractivity (Wildman–Crippen MR) is 96.7 cm³/mol. The number of nitrogens with zero attached hydrogens (tertiary/aromatic N) is 2. The van der Waals surface area contributed by atoms with E-state index in [1.54, 1.807) is 11.3 Å². The molecular weight excluding hydrogens is 336 g/mol. The van der Waals surface area contributed by atoms with Gasteiger partial charge in [-0.15, -0.1) is 11.3 Å². The molecular formula is C19H22N2O3S. The number of aliphatic hydroxyl groups excluding tert-OH is 1. The van der Waals surface area contributed by atoms with Crippen molar-refractivity contribution in [3.8, 4) is 16.3 Å². The molecule has 0 radical (unpaired) electrons. The van der Waals surface area contributed by atoms with Crippen LogP contribution >= 0.6 is 11.3 Å². The molecule has 1 saturated heterocycles. The molecule has 4 rings (SSSR count). The quantitative estimate of drug-likeness (QED) is 0.895. The highest BCUT2D eigenvalue weighted by Gasteiger charge is 2.47. The summed E-state index contributed by atoms with van der Waals surface area (Å²) in [5, 5.41) is 13.9. The van der Waals surface area contributed by atoms with Crippen molar-refractivity contribution in [1.82, 2.24) is 9.88 Å². The van der Waals surface area contributed by atoms with E-state index >= 15 is 0 Å². The number of aryl methyl sites for hydroxylation is 1. The fraction of sp³-hybridized carbons (Fsp3) is 0.474. The lowest BCUT2D eigenvalue weighted by atomic mass is 9.85. The van der Waals surface area contributed by atoms with Gasteiger partial charge in [-0.25, -0.2) is 4.98 Å². The highest BCUT2D eigenvalue weighted by Crippen LogP contribution is 2.45. The number of hydrogen-bond donors (Lipinski definition) is 1. The average molecular weight is 358 g/mol. The fourth-order valence-corrected chi connectivity index (χ4v) is 4.48. The first kappa shape index (κ1) is 16.5. The Balaban J connectivity index is 1.83. The Kier molecular flexibility index (Phi) is 3.85. The summed E-state index contributed by atoms with van der Waals surface area (Å²) < 4.78 is 6.05. The van der Waals surface area contributed by atoms with Crippen molar-refractivity contribution in [3.63, 3.8) is 0 Å². The molecule has 2 aliphatic rings. The van der Waals surface area contributed by atoms with Crippen LogP contribution in [0.2, 0.25) is 0 Å². The number of thiazole rings is 1. The summed E-state index contributed by atoms with van der Waals surface area (Å²) >= 11 is 1.59. The molecule has 1 unspecified atom stereocenters. The van der Waals surface area contributed by atoms with E-state index in [0.717, 1.165) is 34.0 Å². The second-order valence-electron chi connectivity index (χ2n) is 7.33. The van der Waals surface area contributed by atoms with Gasteiger partial charge in [-0.05, 0) is 45.4 Å². The molecule has 2 aromatic rings. The molecule has 1 fully saturated rings. The third-order valence-electron chi connectivity index (χ3n) is 5.02. The summed E-state index contributed by atoms with van der Waals surface area (Å²) in [4.78, 5) is 18.7. The molecule has 6 heteroatoms. The van der Waals surface area contributed by atoms with Crippen LogP contribution < -0.4 is 4.74 Å². The molecule has 1 N–H and O–H groups in total. The molecule has 1 aromatic heterocycles. The smallest absolute Gasteiger partial charge is 0.223 e. The number of ether oxygens (including phenoxy) is 1.